The van der Waals surface area contributed by atoms with Gasteiger partial charge in [-0.2, -0.15) is 10.2 Å². The summed E-state index contributed by atoms with van der Waals surface area (Å²) < 4.78 is 0. The van der Waals surface area contributed by atoms with Crippen molar-refractivity contribution >= 4 is 41.1 Å². The van der Waals surface area contributed by atoms with E-state index in [1.54, 1.807) is 24.3 Å². The van der Waals surface area contributed by atoms with Gasteiger partial charge >= 0.3 is 0 Å². The summed E-state index contributed by atoms with van der Waals surface area (Å²) in [5.41, 5.74) is 5.30. The van der Waals surface area contributed by atoms with Gasteiger partial charge in [0.25, 0.3) is 11.4 Å². The standard InChI is InChI=1S/C15H12N6O4S/c22-20(23)13-7-3-1-5-11(13)9-16-18-15(26)19-17-10-12-6-2-4-8-14(12)21(24)25/h1-10H,(H2,18,19,26)/b16-9+,17-10?. The van der Waals surface area contributed by atoms with Crippen LogP contribution in [0, 0.1) is 20.2 Å². The molecule has 2 N–H and O–H groups in total. The Balaban J connectivity index is 1.94. The molecule has 0 aliphatic carbocycles. The van der Waals surface area contributed by atoms with Crippen LogP contribution < -0.4 is 10.9 Å². The minimum absolute atomic E-state index is 0.00895. The van der Waals surface area contributed by atoms with E-state index in [-0.39, 0.29) is 16.5 Å². The SMILES string of the molecule is O=[N+]([O-])c1ccccc1C=NNC(=S)N/N=C/c1ccccc1[N+](=O)[O-]. The second-order valence-corrected chi connectivity index (χ2v) is 5.11. The second kappa shape index (κ2) is 8.94. The van der Waals surface area contributed by atoms with Crippen LogP contribution in [-0.4, -0.2) is 27.4 Å². The summed E-state index contributed by atoms with van der Waals surface area (Å²) >= 11 is 4.94. The van der Waals surface area contributed by atoms with Crippen molar-refractivity contribution in [3.05, 3.63) is 79.9 Å². The summed E-state index contributed by atoms with van der Waals surface area (Å²) in [5, 5.41) is 29.4. The molecule has 0 saturated carbocycles. The molecule has 10 nitrogen and oxygen atoms in total. The van der Waals surface area contributed by atoms with E-state index in [2.05, 4.69) is 21.1 Å². The molecule has 2 aromatic rings. The Morgan fingerprint density at radius 1 is 0.846 bits per heavy atom. The first-order valence-corrected chi connectivity index (χ1v) is 7.49. The van der Waals surface area contributed by atoms with Crippen molar-refractivity contribution in [2.45, 2.75) is 0 Å². The molecule has 0 aliphatic rings. The van der Waals surface area contributed by atoms with Crippen LogP contribution in [-0.2, 0) is 0 Å². The highest BCUT2D eigenvalue weighted by Gasteiger charge is 2.10. The Labute approximate surface area is 152 Å². The van der Waals surface area contributed by atoms with E-state index < -0.39 is 9.85 Å². The van der Waals surface area contributed by atoms with Gasteiger partial charge in [0.05, 0.1) is 33.4 Å². The molecule has 0 bridgehead atoms. The van der Waals surface area contributed by atoms with E-state index in [9.17, 15) is 20.2 Å². The van der Waals surface area contributed by atoms with E-state index in [0.717, 1.165) is 0 Å². The van der Waals surface area contributed by atoms with Crippen molar-refractivity contribution in [1.29, 1.82) is 0 Å². The Kier molecular flexibility index (Phi) is 6.40. The first-order valence-electron chi connectivity index (χ1n) is 7.08. The summed E-state index contributed by atoms with van der Waals surface area (Å²) in [4.78, 5) is 20.7. The molecule has 0 radical (unpaired) electrons. The van der Waals surface area contributed by atoms with E-state index >= 15 is 0 Å². The Morgan fingerprint density at radius 3 is 1.62 bits per heavy atom. The number of benzene rings is 2. The average Bonchev–Trinajstić information content (AvgIpc) is 2.62. The molecule has 0 aliphatic heterocycles. The molecule has 132 valence electrons. The highest BCUT2D eigenvalue weighted by Crippen LogP contribution is 2.15. The maximum absolute atomic E-state index is 10.9. The fraction of sp³-hybridized carbons (Fsp3) is 0. The Hall–Kier alpha value is -3.73. The normalized spacial score (nSPS) is 10.8. The van der Waals surface area contributed by atoms with E-state index in [1.165, 1.54) is 36.7 Å². The first kappa shape index (κ1) is 18.6. The number of thiocarbonyl (C=S) groups is 1. The highest BCUT2D eigenvalue weighted by atomic mass is 32.1. The molecule has 2 rings (SSSR count). The van der Waals surface area contributed by atoms with Crippen molar-refractivity contribution in [2.24, 2.45) is 10.2 Å². The van der Waals surface area contributed by atoms with Gasteiger partial charge < -0.3 is 0 Å². The summed E-state index contributed by atoms with van der Waals surface area (Å²) in [6, 6.07) is 12.2. The van der Waals surface area contributed by atoms with Crippen molar-refractivity contribution < 1.29 is 9.85 Å². The predicted molar refractivity (Wildman–Crippen MR) is 100 cm³/mol. The van der Waals surface area contributed by atoms with Crippen LogP contribution in [0.4, 0.5) is 11.4 Å². The highest BCUT2D eigenvalue weighted by molar-refractivity contribution is 7.80. The third-order valence-corrected chi connectivity index (χ3v) is 3.19. The van der Waals surface area contributed by atoms with Gasteiger partial charge in [0.2, 0.25) is 5.11 Å². The van der Waals surface area contributed by atoms with Gasteiger partial charge in [-0.25, -0.2) is 0 Å². The number of hydrogen-bond donors (Lipinski definition) is 2. The van der Waals surface area contributed by atoms with Crippen molar-refractivity contribution in [1.82, 2.24) is 10.9 Å². The maximum atomic E-state index is 10.9. The molecule has 0 saturated heterocycles. The lowest BCUT2D eigenvalue weighted by Gasteiger charge is -2.01. The van der Waals surface area contributed by atoms with Crippen molar-refractivity contribution in [3.63, 3.8) is 0 Å². The molecule has 0 fully saturated rings. The van der Waals surface area contributed by atoms with E-state index in [1.807, 2.05) is 0 Å². The Bertz CT molecular complexity index is 828. The molecule has 0 aromatic heterocycles. The predicted octanol–water partition coefficient (Wildman–Crippen LogP) is 2.34. The van der Waals surface area contributed by atoms with Crippen LogP contribution in [0.1, 0.15) is 11.1 Å². The monoisotopic (exact) mass is 372 g/mol. The van der Waals surface area contributed by atoms with Gasteiger partial charge in [-0.15, -0.1) is 0 Å². The quantitative estimate of drug-likeness (QED) is 0.344. The molecule has 0 amide bonds. The van der Waals surface area contributed by atoms with Crippen molar-refractivity contribution in [2.75, 3.05) is 0 Å². The van der Waals surface area contributed by atoms with E-state index in [0.29, 0.717) is 11.1 Å². The lowest BCUT2D eigenvalue weighted by atomic mass is 10.2. The molecular formula is C15H12N6O4S. The molecule has 0 heterocycles. The van der Waals surface area contributed by atoms with Crippen LogP contribution in [0.3, 0.4) is 0 Å². The van der Waals surface area contributed by atoms with Gasteiger partial charge in [0.15, 0.2) is 0 Å². The zero-order valence-electron chi connectivity index (χ0n) is 13.1. The molecule has 26 heavy (non-hydrogen) atoms. The molecule has 0 spiro atoms. The smallest absolute Gasteiger partial charge is 0.258 e. The summed E-state index contributed by atoms with van der Waals surface area (Å²) in [6.45, 7) is 0. The topological polar surface area (TPSA) is 135 Å². The molecule has 0 unspecified atom stereocenters. The van der Waals surface area contributed by atoms with E-state index in [4.69, 9.17) is 12.2 Å². The molecule has 0 atom stereocenters. The fourth-order valence-corrected chi connectivity index (χ4v) is 1.98. The zero-order chi connectivity index (χ0) is 18.9. The molecule has 2 aromatic carbocycles. The maximum Gasteiger partial charge on any atom is 0.278 e. The Morgan fingerprint density at radius 2 is 1.23 bits per heavy atom. The minimum Gasteiger partial charge on any atom is -0.258 e. The van der Waals surface area contributed by atoms with Crippen LogP contribution in [0.25, 0.3) is 0 Å². The minimum atomic E-state index is -0.519. The van der Waals surface area contributed by atoms with Gasteiger partial charge in [0, 0.05) is 12.1 Å². The fourth-order valence-electron chi connectivity index (χ4n) is 1.87. The number of rotatable bonds is 6. The summed E-state index contributed by atoms with van der Waals surface area (Å²) in [7, 11) is 0. The summed E-state index contributed by atoms with van der Waals surface area (Å²) in [6.07, 6.45) is 2.50. The average molecular weight is 372 g/mol. The van der Waals surface area contributed by atoms with Crippen molar-refractivity contribution in [3.8, 4) is 0 Å². The molecule has 11 heteroatoms. The van der Waals surface area contributed by atoms with Gasteiger partial charge in [-0.1, -0.05) is 24.3 Å². The number of hydrogen-bond acceptors (Lipinski definition) is 7. The lowest BCUT2D eigenvalue weighted by Crippen LogP contribution is -2.28. The number of para-hydroxylation sites is 2. The van der Waals surface area contributed by atoms with Gasteiger partial charge in [-0.05, 0) is 24.4 Å². The number of nitrogens with zero attached hydrogens (tertiary/aromatic N) is 4. The lowest BCUT2D eigenvalue weighted by molar-refractivity contribution is -0.385. The third-order valence-electron chi connectivity index (χ3n) is 3.01. The van der Waals surface area contributed by atoms with Crippen LogP contribution in [0.2, 0.25) is 0 Å². The molecular weight excluding hydrogens is 360 g/mol. The number of nitrogens with one attached hydrogen (secondary N) is 2. The zero-order valence-corrected chi connectivity index (χ0v) is 13.9. The summed E-state index contributed by atoms with van der Waals surface area (Å²) in [5.74, 6) is 0. The van der Waals surface area contributed by atoms with Crippen LogP contribution >= 0.6 is 12.2 Å². The largest absolute Gasteiger partial charge is 0.278 e. The van der Waals surface area contributed by atoms with Crippen LogP contribution in [0.5, 0.6) is 0 Å². The number of hydrazone groups is 2. The second-order valence-electron chi connectivity index (χ2n) is 4.70. The van der Waals surface area contributed by atoms with Gasteiger partial charge in [-0.3, -0.25) is 31.1 Å². The van der Waals surface area contributed by atoms with Gasteiger partial charge in [0.1, 0.15) is 0 Å². The first-order chi connectivity index (χ1) is 12.5. The number of nitro groups is 2. The third kappa shape index (κ3) is 5.14. The number of nitro benzene ring substituents is 2. The van der Waals surface area contributed by atoms with Crippen LogP contribution in [0.15, 0.2) is 58.7 Å².